The van der Waals surface area contributed by atoms with Gasteiger partial charge < -0.3 is 14.5 Å². The first-order chi connectivity index (χ1) is 10.7. The summed E-state index contributed by atoms with van der Waals surface area (Å²) < 4.78 is 5.26. The van der Waals surface area contributed by atoms with Crippen molar-refractivity contribution in [3.63, 3.8) is 0 Å². The van der Waals surface area contributed by atoms with Crippen LogP contribution in [0.4, 0.5) is 0 Å². The van der Waals surface area contributed by atoms with E-state index in [0.29, 0.717) is 32.0 Å². The van der Waals surface area contributed by atoms with Crippen LogP contribution in [0.1, 0.15) is 48.4 Å². The van der Waals surface area contributed by atoms with E-state index in [1.165, 1.54) is 0 Å². The van der Waals surface area contributed by atoms with Crippen molar-refractivity contribution in [2.75, 3.05) is 32.8 Å². The molecular weight excluding hydrogens is 284 g/mol. The minimum absolute atomic E-state index is 0.00462. The largest absolute Gasteiger partial charge is 0.378 e. The molecule has 2 fully saturated rings. The zero-order valence-corrected chi connectivity index (χ0v) is 12.9. The van der Waals surface area contributed by atoms with E-state index in [4.69, 9.17) is 4.74 Å². The zero-order valence-electron chi connectivity index (χ0n) is 12.9. The molecule has 2 saturated heterocycles. The number of piperidine rings is 1. The number of rotatable bonds is 2. The van der Waals surface area contributed by atoms with E-state index in [0.717, 1.165) is 31.5 Å². The van der Waals surface area contributed by atoms with E-state index in [1.54, 1.807) is 17.9 Å². The molecule has 0 unspecified atom stereocenters. The van der Waals surface area contributed by atoms with Crippen molar-refractivity contribution >= 4 is 11.8 Å². The Bertz CT molecular complexity index is 551. The summed E-state index contributed by atoms with van der Waals surface area (Å²) in [5.41, 5.74) is 1.28. The van der Waals surface area contributed by atoms with Crippen molar-refractivity contribution in [3.8, 4) is 0 Å². The zero-order chi connectivity index (χ0) is 15.5. The maximum atomic E-state index is 12.4. The van der Waals surface area contributed by atoms with Crippen LogP contribution in [0.15, 0.2) is 6.07 Å². The maximum Gasteiger partial charge on any atom is 0.274 e. The van der Waals surface area contributed by atoms with Gasteiger partial charge in [-0.25, -0.2) is 0 Å². The first kappa shape index (κ1) is 15.0. The Morgan fingerprint density at radius 1 is 1.27 bits per heavy atom. The lowest BCUT2D eigenvalue weighted by Crippen LogP contribution is -2.40. The van der Waals surface area contributed by atoms with E-state index in [-0.39, 0.29) is 17.9 Å². The van der Waals surface area contributed by atoms with Gasteiger partial charge in [0.1, 0.15) is 5.69 Å². The number of nitrogens with one attached hydrogen (secondary N) is 1. The second-order valence-electron chi connectivity index (χ2n) is 5.84. The van der Waals surface area contributed by atoms with Crippen LogP contribution < -0.4 is 0 Å². The standard InChI is InChI=1S/C15H22N4O3/c1-11(20)19-5-3-2-4-14(19)12-10-13(17-16-12)15(21)18-6-8-22-9-7-18/h10,14H,2-9H2,1H3,(H,16,17)/t14-/m0/s1. The summed E-state index contributed by atoms with van der Waals surface area (Å²) in [6.45, 7) is 4.71. The van der Waals surface area contributed by atoms with Crippen molar-refractivity contribution in [1.29, 1.82) is 0 Å². The number of ether oxygens (including phenoxy) is 1. The van der Waals surface area contributed by atoms with E-state index in [9.17, 15) is 9.59 Å². The molecule has 0 bridgehead atoms. The average Bonchev–Trinajstić information content (AvgIpc) is 3.04. The summed E-state index contributed by atoms with van der Waals surface area (Å²) in [5, 5.41) is 7.12. The van der Waals surface area contributed by atoms with Crippen LogP contribution in [-0.4, -0.2) is 64.7 Å². The Kier molecular flexibility index (Phi) is 4.42. The summed E-state index contributed by atoms with van der Waals surface area (Å²) >= 11 is 0. The van der Waals surface area contributed by atoms with Gasteiger partial charge in [-0.15, -0.1) is 0 Å². The Morgan fingerprint density at radius 2 is 2.05 bits per heavy atom. The van der Waals surface area contributed by atoms with Crippen molar-refractivity contribution in [2.45, 2.75) is 32.2 Å². The number of hydrogen-bond acceptors (Lipinski definition) is 4. The molecule has 0 saturated carbocycles. The maximum absolute atomic E-state index is 12.4. The van der Waals surface area contributed by atoms with Crippen molar-refractivity contribution in [1.82, 2.24) is 20.0 Å². The van der Waals surface area contributed by atoms with E-state index in [1.807, 2.05) is 4.90 Å². The Labute approximate surface area is 129 Å². The van der Waals surface area contributed by atoms with Gasteiger partial charge in [0.25, 0.3) is 5.91 Å². The normalized spacial score (nSPS) is 22.7. The highest BCUT2D eigenvalue weighted by molar-refractivity contribution is 5.92. The summed E-state index contributed by atoms with van der Waals surface area (Å²) in [6, 6.07) is 1.80. The number of carbonyl (C=O) groups excluding carboxylic acids is 2. The number of nitrogens with zero attached hydrogens (tertiary/aromatic N) is 3. The molecule has 0 radical (unpaired) electrons. The molecule has 2 amide bonds. The summed E-state index contributed by atoms with van der Waals surface area (Å²) in [4.78, 5) is 27.8. The van der Waals surface area contributed by atoms with Gasteiger partial charge >= 0.3 is 0 Å². The molecule has 7 nitrogen and oxygen atoms in total. The van der Waals surface area contributed by atoms with Gasteiger partial charge in [0.05, 0.1) is 24.9 Å². The molecular formula is C15H22N4O3. The van der Waals surface area contributed by atoms with Gasteiger partial charge in [-0.05, 0) is 25.3 Å². The lowest BCUT2D eigenvalue weighted by Gasteiger charge is -2.34. The van der Waals surface area contributed by atoms with Gasteiger partial charge in [-0.1, -0.05) is 0 Å². The number of hydrogen-bond donors (Lipinski definition) is 1. The highest BCUT2D eigenvalue weighted by Crippen LogP contribution is 2.30. The number of carbonyl (C=O) groups is 2. The molecule has 1 aromatic rings. The second-order valence-corrected chi connectivity index (χ2v) is 5.84. The molecule has 3 rings (SSSR count). The van der Waals surface area contributed by atoms with Crippen LogP contribution in [0.25, 0.3) is 0 Å². The van der Waals surface area contributed by atoms with Crippen LogP contribution in [0.2, 0.25) is 0 Å². The van der Waals surface area contributed by atoms with Crippen molar-refractivity contribution in [3.05, 3.63) is 17.5 Å². The molecule has 0 aliphatic carbocycles. The highest BCUT2D eigenvalue weighted by Gasteiger charge is 2.29. The number of aromatic amines is 1. The number of likely N-dealkylation sites (tertiary alicyclic amines) is 1. The predicted molar refractivity (Wildman–Crippen MR) is 79.3 cm³/mol. The lowest BCUT2D eigenvalue weighted by molar-refractivity contribution is -0.132. The first-order valence-corrected chi connectivity index (χ1v) is 7.86. The van der Waals surface area contributed by atoms with Gasteiger partial charge in [0.15, 0.2) is 0 Å². The molecule has 1 atom stereocenters. The fourth-order valence-electron chi connectivity index (χ4n) is 3.18. The third kappa shape index (κ3) is 2.99. The Hall–Kier alpha value is -1.89. The van der Waals surface area contributed by atoms with Crippen molar-refractivity contribution in [2.24, 2.45) is 0 Å². The van der Waals surface area contributed by atoms with Crippen LogP contribution in [0.3, 0.4) is 0 Å². The summed E-state index contributed by atoms with van der Waals surface area (Å²) in [6.07, 6.45) is 3.02. The van der Waals surface area contributed by atoms with Crippen molar-refractivity contribution < 1.29 is 14.3 Å². The highest BCUT2D eigenvalue weighted by atomic mass is 16.5. The van der Waals surface area contributed by atoms with E-state index in [2.05, 4.69) is 10.2 Å². The molecule has 2 aliphatic heterocycles. The average molecular weight is 306 g/mol. The van der Waals surface area contributed by atoms with E-state index >= 15 is 0 Å². The predicted octanol–water partition coefficient (Wildman–Crippen LogP) is 0.956. The molecule has 22 heavy (non-hydrogen) atoms. The Morgan fingerprint density at radius 3 is 2.77 bits per heavy atom. The SMILES string of the molecule is CC(=O)N1CCCC[C@H]1c1cc(C(=O)N2CCOCC2)n[nH]1. The van der Waals surface area contributed by atoms with Gasteiger partial charge in [0.2, 0.25) is 5.91 Å². The molecule has 120 valence electrons. The minimum atomic E-state index is -0.0732. The van der Waals surface area contributed by atoms with Gasteiger partial charge in [0, 0.05) is 26.6 Å². The van der Waals surface area contributed by atoms with Crippen LogP contribution in [-0.2, 0) is 9.53 Å². The molecule has 0 aromatic carbocycles. The van der Waals surface area contributed by atoms with Gasteiger partial charge in [-0.3, -0.25) is 14.7 Å². The second kappa shape index (κ2) is 6.48. The fraction of sp³-hybridized carbons (Fsp3) is 0.667. The molecule has 3 heterocycles. The number of H-pyrrole nitrogens is 1. The third-order valence-electron chi connectivity index (χ3n) is 4.38. The van der Waals surface area contributed by atoms with Crippen LogP contribution in [0, 0.1) is 0 Å². The summed E-state index contributed by atoms with van der Waals surface area (Å²) in [7, 11) is 0. The number of amides is 2. The van der Waals surface area contributed by atoms with Crippen LogP contribution in [0.5, 0.6) is 0 Å². The third-order valence-corrected chi connectivity index (χ3v) is 4.38. The molecule has 0 spiro atoms. The van der Waals surface area contributed by atoms with E-state index < -0.39 is 0 Å². The molecule has 1 aromatic heterocycles. The first-order valence-electron chi connectivity index (χ1n) is 7.86. The fourth-order valence-corrected chi connectivity index (χ4v) is 3.18. The van der Waals surface area contributed by atoms with Gasteiger partial charge in [-0.2, -0.15) is 5.10 Å². The molecule has 7 heteroatoms. The quantitative estimate of drug-likeness (QED) is 0.882. The molecule has 2 aliphatic rings. The smallest absolute Gasteiger partial charge is 0.274 e. The molecule has 1 N–H and O–H groups in total. The van der Waals surface area contributed by atoms with Crippen LogP contribution >= 0.6 is 0 Å². The lowest BCUT2D eigenvalue weighted by atomic mass is 9.99. The number of aromatic nitrogens is 2. The summed E-state index contributed by atoms with van der Waals surface area (Å²) in [5.74, 6) is -0.00339. The number of morpholine rings is 1. The minimum Gasteiger partial charge on any atom is -0.378 e. The Balaban J connectivity index is 1.74. The monoisotopic (exact) mass is 306 g/mol. The topological polar surface area (TPSA) is 78.5 Å².